The van der Waals surface area contributed by atoms with Crippen molar-refractivity contribution >= 4 is 17.8 Å². The van der Waals surface area contributed by atoms with Gasteiger partial charge >= 0.3 is 11.9 Å². The first-order chi connectivity index (χ1) is 10.8. The van der Waals surface area contributed by atoms with E-state index in [1.165, 1.54) is 0 Å². The van der Waals surface area contributed by atoms with E-state index in [0.29, 0.717) is 5.56 Å². The van der Waals surface area contributed by atoms with Crippen LogP contribution in [0.2, 0.25) is 0 Å². The maximum atomic E-state index is 12.3. The number of aryl methyl sites for hydroxylation is 1. The third-order valence-corrected chi connectivity index (χ3v) is 5.01. The molecule has 0 saturated heterocycles. The SMILES string of the molecule is Cc1ccc(C(=O)NC2CC(N)(C(=O)O)C3C(C(=O)O)C23)cc1. The van der Waals surface area contributed by atoms with Crippen molar-refractivity contribution in [3.8, 4) is 0 Å². The van der Waals surface area contributed by atoms with Crippen LogP contribution in [0.15, 0.2) is 24.3 Å². The first-order valence-electron chi connectivity index (χ1n) is 7.38. The Labute approximate surface area is 132 Å². The van der Waals surface area contributed by atoms with Crippen molar-refractivity contribution in [3.63, 3.8) is 0 Å². The molecule has 3 rings (SSSR count). The van der Waals surface area contributed by atoms with Crippen molar-refractivity contribution in [2.75, 3.05) is 0 Å². The maximum absolute atomic E-state index is 12.3. The van der Waals surface area contributed by atoms with Gasteiger partial charge in [-0.2, -0.15) is 0 Å². The van der Waals surface area contributed by atoms with Gasteiger partial charge in [0.25, 0.3) is 5.91 Å². The van der Waals surface area contributed by atoms with Crippen LogP contribution in [0.1, 0.15) is 22.3 Å². The monoisotopic (exact) mass is 318 g/mol. The van der Waals surface area contributed by atoms with Gasteiger partial charge in [0.1, 0.15) is 5.54 Å². The number of nitrogens with one attached hydrogen (secondary N) is 1. The van der Waals surface area contributed by atoms with Crippen molar-refractivity contribution in [1.82, 2.24) is 5.32 Å². The van der Waals surface area contributed by atoms with Crippen LogP contribution in [0.25, 0.3) is 0 Å². The highest BCUT2D eigenvalue weighted by atomic mass is 16.4. The van der Waals surface area contributed by atoms with Gasteiger partial charge in [-0.3, -0.25) is 14.4 Å². The van der Waals surface area contributed by atoms with E-state index in [1.807, 2.05) is 6.92 Å². The molecule has 1 aromatic rings. The second kappa shape index (κ2) is 5.06. The third-order valence-electron chi connectivity index (χ3n) is 5.01. The molecule has 0 aromatic heterocycles. The summed E-state index contributed by atoms with van der Waals surface area (Å²) < 4.78 is 0. The zero-order valence-corrected chi connectivity index (χ0v) is 12.5. The topological polar surface area (TPSA) is 130 Å². The van der Waals surface area contributed by atoms with E-state index in [9.17, 15) is 24.6 Å². The van der Waals surface area contributed by atoms with E-state index >= 15 is 0 Å². The standard InChI is InChI=1S/C16H18N2O5/c1-7-2-4-8(5-3-7)13(19)18-9-6-16(17,15(22)23)12-10(9)11(12)14(20)21/h2-5,9-12H,6,17H2,1H3,(H,18,19)(H,20,21)(H,22,23). The molecular weight excluding hydrogens is 300 g/mol. The summed E-state index contributed by atoms with van der Waals surface area (Å²) in [5.74, 6) is -4.51. The number of benzene rings is 1. The predicted molar refractivity (Wildman–Crippen MR) is 79.7 cm³/mol. The molecule has 2 fully saturated rings. The van der Waals surface area contributed by atoms with Crippen molar-refractivity contribution < 1.29 is 24.6 Å². The summed E-state index contributed by atoms with van der Waals surface area (Å²) in [4.78, 5) is 35.0. The number of aliphatic carboxylic acids is 2. The number of carbonyl (C=O) groups excluding carboxylic acids is 1. The van der Waals surface area contributed by atoms with Crippen molar-refractivity contribution in [3.05, 3.63) is 35.4 Å². The van der Waals surface area contributed by atoms with Crippen LogP contribution in [0.5, 0.6) is 0 Å². The lowest BCUT2D eigenvalue weighted by Gasteiger charge is -2.25. The Bertz CT molecular complexity index is 686. The van der Waals surface area contributed by atoms with Crippen LogP contribution in [0, 0.1) is 24.7 Å². The first-order valence-corrected chi connectivity index (χ1v) is 7.38. The van der Waals surface area contributed by atoms with E-state index < -0.39 is 41.3 Å². The second-order valence-electron chi connectivity index (χ2n) is 6.46. The quantitative estimate of drug-likeness (QED) is 0.628. The van der Waals surface area contributed by atoms with E-state index in [2.05, 4.69) is 5.32 Å². The Morgan fingerprint density at radius 2 is 1.83 bits per heavy atom. The summed E-state index contributed by atoms with van der Waals surface area (Å²) in [5.41, 5.74) is 5.79. The molecular formula is C16H18N2O5. The molecule has 0 heterocycles. The Hall–Kier alpha value is -2.41. The summed E-state index contributed by atoms with van der Waals surface area (Å²) in [6, 6.07) is 6.40. The second-order valence-corrected chi connectivity index (χ2v) is 6.46. The summed E-state index contributed by atoms with van der Waals surface area (Å²) in [6.07, 6.45) is 0.0407. The lowest BCUT2D eigenvalue weighted by molar-refractivity contribution is -0.145. The number of rotatable bonds is 4. The fourth-order valence-corrected chi connectivity index (χ4v) is 3.79. The maximum Gasteiger partial charge on any atom is 0.324 e. The molecule has 23 heavy (non-hydrogen) atoms. The molecule has 2 aliphatic rings. The normalized spacial score (nSPS) is 34.5. The number of carboxylic acid groups (broad SMARTS) is 2. The third kappa shape index (κ3) is 2.37. The molecule has 0 bridgehead atoms. The van der Waals surface area contributed by atoms with Crippen LogP contribution < -0.4 is 11.1 Å². The van der Waals surface area contributed by atoms with E-state index in [1.54, 1.807) is 24.3 Å². The summed E-state index contributed by atoms with van der Waals surface area (Å²) >= 11 is 0. The largest absolute Gasteiger partial charge is 0.481 e. The predicted octanol–water partition coefficient (Wildman–Crippen LogP) is 0.226. The average Bonchev–Trinajstić information content (AvgIpc) is 3.16. The minimum Gasteiger partial charge on any atom is -0.481 e. The number of amides is 1. The first kappa shape index (κ1) is 15.5. The molecule has 5 atom stereocenters. The van der Waals surface area contributed by atoms with Crippen LogP contribution in [0.4, 0.5) is 0 Å². The average molecular weight is 318 g/mol. The molecule has 2 saturated carbocycles. The number of fused-ring (bicyclic) bond motifs is 1. The van der Waals surface area contributed by atoms with Gasteiger partial charge in [-0.25, -0.2) is 0 Å². The van der Waals surface area contributed by atoms with Gasteiger partial charge in [-0.15, -0.1) is 0 Å². The molecule has 1 aromatic carbocycles. The van der Waals surface area contributed by atoms with Crippen LogP contribution >= 0.6 is 0 Å². The van der Waals surface area contributed by atoms with E-state index in [0.717, 1.165) is 5.56 Å². The molecule has 5 N–H and O–H groups in total. The van der Waals surface area contributed by atoms with Gasteiger partial charge in [-0.1, -0.05) is 17.7 Å². The molecule has 7 nitrogen and oxygen atoms in total. The molecule has 5 unspecified atom stereocenters. The fraction of sp³-hybridized carbons (Fsp3) is 0.438. The minimum absolute atomic E-state index is 0.0407. The van der Waals surface area contributed by atoms with Crippen molar-refractivity contribution in [2.24, 2.45) is 23.5 Å². The van der Waals surface area contributed by atoms with Crippen LogP contribution in [0.3, 0.4) is 0 Å². The van der Waals surface area contributed by atoms with E-state index in [4.69, 9.17) is 5.73 Å². The summed E-state index contributed by atoms with van der Waals surface area (Å²) in [5, 5.41) is 21.3. The highest BCUT2D eigenvalue weighted by molar-refractivity contribution is 5.95. The van der Waals surface area contributed by atoms with Gasteiger partial charge in [0, 0.05) is 17.5 Å². The number of carboxylic acids is 2. The Balaban J connectivity index is 1.78. The van der Waals surface area contributed by atoms with Crippen LogP contribution in [-0.2, 0) is 9.59 Å². The Morgan fingerprint density at radius 1 is 1.22 bits per heavy atom. The van der Waals surface area contributed by atoms with Gasteiger partial charge < -0.3 is 21.3 Å². The Morgan fingerprint density at radius 3 is 2.35 bits per heavy atom. The van der Waals surface area contributed by atoms with Gasteiger partial charge in [0.15, 0.2) is 0 Å². The molecule has 1 amide bonds. The number of hydrogen-bond donors (Lipinski definition) is 4. The van der Waals surface area contributed by atoms with Gasteiger partial charge in [0.2, 0.25) is 0 Å². The molecule has 2 aliphatic carbocycles. The zero-order chi connectivity index (χ0) is 16.9. The molecule has 0 spiro atoms. The number of hydrogen-bond acceptors (Lipinski definition) is 4. The number of carbonyl (C=O) groups is 3. The molecule has 122 valence electrons. The summed E-state index contributed by atoms with van der Waals surface area (Å²) in [7, 11) is 0. The highest BCUT2D eigenvalue weighted by Crippen LogP contribution is 2.61. The highest BCUT2D eigenvalue weighted by Gasteiger charge is 2.74. The molecule has 7 heteroatoms. The van der Waals surface area contributed by atoms with Crippen LogP contribution in [-0.4, -0.2) is 39.6 Å². The van der Waals surface area contributed by atoms with Crippen molar-refractivity contribution in [1.29, 1.82) is 0 Å². The lowest BCUT2D eigenvalue weighted by atomic mass is 9.90. The molecule has 0 radical (unpaired) electrons. The van der Waals surface area contributed by atoms with Crippen molar-refractivity contribution in [2.45, 2.75) is 24.9 Å². The van der Waals surface area contributed by atoms with E-state index in [-0.39, 0.29) is 12.3 Å². The molecule has 0 aliphatic heterocycles. The van der Waals surface area contributed by atoms with Gasteiger partial charge in [0.05, 0.1) is 5.92 Å². The fourth-order valence-electron chi connectivity index (χ4n) is 3.79. The van der Waals surface area contributed by atoms with Gasteiger partial charge in [-0.05, 0) is 31.4 Å². The lowest BCUT2D eigenvalue weighted by Crippen LogP contribution is -2.52. The smallest absolute Gasteiger partial charge is 0.324 e. The Kier molecular flexibility index (Phi) is 3.40. The number of nitrogens with two attached hydrogens (primary N) is 1. The minimum atomic E-state index is -1.60. The summed E-state index contributed by atoms with van der Waals surface area (Å²) in [6.45, 7) is 1.90. The zero-order valence-electron chi connectivity index (χ0n) is 12.5.